The number of aromatic nitrogens is 1. The standard InChI is InChI=1S/C14H21N3O2S/c1-10(9-15)17(4)20(18,19)14-11(2)16(3)13-8-6-5-7-12(13)14/h5-8,10H,9,15H2,1-4H3. The van der Waals surface area contributed by atoms with Gasteiger partial charge in [0.25, 0.3) is 0 Å². The Morgan fingerprint density at radius 3 is 2.55 bits per heavy atom. The van der Waals surface area contributed by atoms with Crippen LogP contribution >= 0.6 is 0 Å². The first-order valence-corrected chi connectivity index (χ1v) is 7.98. The molecular formula is C14H21N3O2S. The molecule has 0 aliphatic carbocycles. The summed E-state index contributed by atoms with van der Waals surface area (Å²) in [6, 6.07) is 7.29. The van der Waals surface area contributed by atoms with Gasteiger partial charge in [0.15, 0.2) is 0 Å². The highest BCUT2D eigenvalue weighted by molar-refractivity contribution is 7.89. The summed E-state index contributed by atoms with van der Waals surface area (Å²) in [7, 11) is -0.0988. The number of nitrogens with zero attached hydrogens (tertiary/aromatic N) is 2. The van der Waals surface area contributed by atoms with E-state index in [1.165, 1.54) is 4.31 Å². The van der Waals surface area contributed by atoms with Gasteiger partial charge in [-0.1, -0.05) is 18.2 Å². The molecule has 1 atom stereocenters. The lowest BCUT2D eigenvalue weighted by Crippen LogP contribution is -2.39. The van der Waals surface area contributed by atoms with E-state index in [1.54, 1.807) is 14.0 Å². The first kappa shape index (κ1) is 15.0. The Morgan fingerprint density at radius 2 is 1.95 bits per heavy atom. The van der Waals surface area contributed by atoms with Crippen LogP contribution in [0, 0.1) is 6.92 Å². The van der Waals surface area contributed by atoms with Gasteiger partial charge in [-0.15, -0.1) is 0 Å². The van der Waals surface area contributed by atoms with Gasteiger partial charge in [0.05, 0.1) is 0 Å². The van der Waals surface area contributed by atoms with E-state index in [0.29, 0.717) is 11.4 Å². The normalized spacial score (nSPS) is 14.1. The monoisotopic (exact) mass is 295 g/mol. The van der Waals surface area contributed by atoms with Crippen molar-refractivity contribution in [1.29, 1.82) is 0 Å². The molecule has 1 aromatic carbocycles. The molecular weight excluding hydrogens is 274 g/mol. The molecule has 110 valence electrons. The molecule has 0 aliphatic heterocycles. The van der Waals surface area contributed by atoms with Gasteiger partial charge in [-0.3, -0.25) is 0 Å². The summed E-state index contributed by atoms with van der Waals surface area (Å²) in [5, 5.41) is 0.753. The molecule has 0 saturated carbocycles. The third-order valence-electron chi connectivity index (χ3n) is 3.94. The lowest BCUT2D eigenvalue weighted by atomic mass is 10.2. The number of rotatable bonds is 4. The highest BCUT2D eigenvalue weighted by atomic mass is 32.2. The Labute approximate surface area is 120 Å². The van der Waals surface area contributed by atoms with Gasteiger partial charge in [-0.05, 0) is 19.9 Å². The summed E-state index contributed by atoms with van der Waals surface area (Å²) in [5.74, 6) is 0. The van der Waals surface area contributed by atoms with Crippen molar-refractivity contribution in [3.8, 4) is 0 Å². The van der Waals surface area contributed by atoms with Gasteiger partial charge in [-0.25, -0.2) is 8.42 Å². The van der Waals surface area contributed by atoms with E-state index < -0.39 is 10.0 Å². The fraction of sp³-hybridized carbons (Fsp3) is 0.429. The van der Waals surface area contributed by atoms with Crippen LogP contribution in [-0.2, 0) is 17.1 Å². The smallest absolute Gasteiger partial charge is 0.245 e. The molecule has 1 heterocycles. The second-order valence-corrected chi connectivity index (χ2v) is 7.03. The number of nitrogens with two attached hydrogens (primary N) is 1. The Morgan fingerprint density at radius 1 is 1.35 bits per heavy atom. The first-order valence-electron chi connectivity index (χ1n) is 6.54. The molecule has 2 rings (SSSR count). The van der Waals surface area contributed by atoms with Crippen molar-refractivity contribution in [2.75, 3.05) is 13.6 Å². The summed E-state index contributed by atoms with van der Waals surface area (Å²) in [5.41, 5.74) is 7.24. The molecule has 0 saturated heterocycles. The number of benzene rings is 1. The van der Waals surface area contributed by atoms with Crippen LogP contribution in [0.1, 0.15) is 12.6 Å². The number of hydrogen-bond donors (Lipinski definition) is 1. The predicted molar refractivity (Wildman–Crippen MR) is 81.1 cm³/mol. The molecule has 2 aromatic rings. The zero-order valence-corrected chi connectivity index (χ0v) is 13.1. The van der Waals surface area contributed by atoms with Crippen molar-refractivity contribution in [1.82, 2.24) is 8.87 Å². The van der Waals surface area contributed by atoms with E-state index in [-0.39, 0.29) is 6.04 Å². The Hall–Kier alpha value is -1.37. The number of para-hydroxylation sites is 1. The third kappa shape index (κ3) is 2.13. The van der Waals surface area contributed by atoms with Gasteiger partial charge in [0.1, 0.15) is 4.90 Å². The third-order valence-corrected chi connectivity index (χ3v) is 6.09. The molecule has 0 spiro atoms. The van der Waals surface area contributed by atoms with Crippen molar-refractivity contribution < 1.29 is 8.42 Å². The molecule has 0 bridgehead atoms. The summed E-state index contributed by atoms with van der Waals surface area (Å²) in [4.78, 5) is 0.374. The van der Waals surface area contributed by atoms with E-state index in [0.717, 1.165) is 16.6 Å². The maximum Gasteiger partial charge on any atom is 0.245 e. The van der Waals surface area contributed by atoms with Crippen LogP contribution in [0.4, 0.5) is 0 Å². The molecule has 1 unspecified atom stereocenters. The first-order chi connectivity index (χ1) is 9.32. The zero-order chi connectivity index (χ0) is 15.1. The Bertz CT molecular complexity index is 734. The molecule has 2 N–H and O–H groups in total. The highest BCUT2D eigenvalue weighted by Gasteiger charge is 2.30. The Kier molecular flexibility index (Phi) is 3.90. The van der Waals surface area contributed by atoms with E-state index in [9.17, 15) is 8.42 Å². The van der Waals surface area contributed by atoms with Crippen LogP contribution in [-0.4, -0.2) is 36.9 Å². The van der Waals surface area contributed by atoms with E-state index in [2.05, 4.69) is 0 Å². The van der Waals surface area contributed by atoms with Crippen LogP contribution in [0.5, 0.6) is 0 Å². The van der Waals surface area contributed by atoms with Crippen LogP contribution in [0.25, 0.3) is 10.9 Å². The van der Waals surface area contributed by atoms with Gasteiger partial charge < -0.3 is 10.3 Å². The highest BCUT2D eigenvalue weighted by Crippen LogP contribution is 2.31. The van der Waals surface area contributed by atoms with E-state index in [4.69, 9.17) is 5.73 Å². The minimum absolute atomic E-state index is 0.238. The quantitative estimate of drug-likeness (QED) is 0.928. The fourth-order valence-corrected chi connectivity index (χ4v) is 4.15. The van der Waals surface area contributed by atoms with Gasteiger partial charge in [-0.2, -0.15) is 4.31 Å². The maximum absolute atomic E-state index is 12.8. The van der Waals surface area contributed by atoms with Crippen LogP contribution in [0.15, 0.2) is 29.2 Å². The fourth-order valence-electron chi connectivity index (χ4n) is 2.34. The number of likely N-dealkylation sites (N-methyl/N-ethyl adjacent to an activating group) is 1. The molecule has 0 radical (unpaired) electrons. The van der Waals surface area contributed by atoms with Gasteiger partial charge in [0, 0.05) is 43.3 Å². The number of fused-ring (bicyclic) bond motifs is 1. The molecule has 0 amide bonds. The summed E-state index contributed by atoms with van der Waals surface area (Å²) in [6.07, 6.45) is 0. The van der Waals surface area contributed by atoms with Crippen LogP contribution in [0.2, 0.25) is 0 Å². The lowest BCUT2D eigenvalue weighted by Gasteiger charge is -2.23. The van der Waals surface area contributed by atoms with Crippen molar-refractivity contribution in [3.05, 3.63) is 30.0 Å². The van der Waals surface area contributed by atoms with Crippen LogP contribution < -0.4 is 5.73 Å². The minimum atomic E-state index is -3.55. The second kappa shape index (κ2) is 5.20. The summed E-state index contributed by atoms with van der Waals surface area (Å²) < 4.78 is 28.9. The van der Waals surface area contributed by atoms with E-state index >= 15 is 0 Å². The molecule has 20 heavy (non-hydrogen) atoms. The minimum Gasteiger partial charge on any atom is -0.347 e. The number of sulfonamides is 1. The predicted octanol–water partition coefficient (Wildman–Crippen LogP) is 1.45. The summed E-state index contributed by atoms with van der Waals surface area (Å²) >= 11 is 0. The zero-order valence-electron chi connectivity index (χ0n) is 12.3. The largest absolute Gasteiger partial charge is 0.347 e. The maximum atomic E-state index is 12.8. The average molecular weight is 295 g/mol. The number of aryl methyl sites for hydroxylation is 1. The van der Waals surface area contributed by atoms with Crippen LogP contribution in [0.3, 0.4) is 0 Å². The van der Waals surface area contributed by atoms with Crippen molar-refractivity contribution in [3.63, 3.8) is 0 Å². The van der Waals surface area contributed by atoms with Gasteiger partial charge >= 0.3 is 0 Å². The topological polar surface area (TPSA) is 68.3 Å². The van der Waals surface area contributed by atoms with Gasteiger partial charge in [0.2, 0.25) is 10.0 Å². The summed E-state index contributed by atoms with van der Waals surface area (Å²) in [6.45, 7) is 3.92. The van der Waals surface area contributed by atoms with Crippen molar-refractivity contribution >= 4 is 20.9 Å². The SMILES string of the molecule is Cc1c(S(=O)(=O)N(C)C(C)CN)c2ccccc2n1C. The molecule has 6 heteroatoms. The van der Waals surface area contributed by atoms with Crippen molar-refractivity contribution in [2.45, 2.75) is 24.8 Å². The van der Waals surface area contributed by atoms with Crippen molar-refractivity contribution in [2.24, 2.45) is 12.8 Å². The Balaban J connectivity index is 2.73. The lowest BCUT2D eigenvalue weighted by molar-refractivity contribution is 0.394. The number of hydrogen-bond acceptors (Lipinski definition) is 3. The van der Waals surface area contributed by atoms with E-state index in [1.807, 2.05) is 42.8 Å². The molecule has 0 fully saturated rings. The molecule has 5 nitrogen and oxygen atoms in total. The average Bonchev–Trinajstić information content (AvgIpc) is 2.70. The molecule has 0 aliphatic rings. The second-order valence-electron chi connectivity index (χ2n) is 5.10. The molecule has 1 aromatic heterocycles.